The number of halogens is 2. The number of benzene rings is 1. The van der Waals surface area contributed by atoms with Gasteiger partial charge in [0.2, 0.25) is 0 Å². The SMILES string of the molecule is CC(N)C1CCCCN1C(=O)c1nccc2ccccc12.Cl.Cl. The van der Waals surface area contributed by atoms with Crippen molar-refractivity contribution in [1.29, 1.82) is 0 Å². The van der Waals surface area contributed by atoms with E-state index in [0.29, 0.717) is 5.69 Å². The third-order valence-electron chi connectivity index (χ3n) is 4.29. The van der Waals surface area contributed by atoms with Crippen LogP contribution in [-0.4, -0.2) is 34.4 Å². The average molecular weight is 356 g/mol. The van der Waals surface area contributed by atoms with Crippen molar-refractivity contribution in [2.75, 3.05) is 6.54 Å². The molecule has 126 valence electrons. The van der Waals surface area contributed by atoms with E-state index in [0.717, 1.165) is 36.6 Å². The number of nitrogens with zero attached hydrogens (tertiary/aromatic N) is 2. The maximum Gasteiger partial charge on any atom is 0.273 e. The first-order valence-electron chi connectivity index (χ1n) is 7.59. The Labute approximate surface area is 149 Å². The van der Waals surface area contributed by atoms with Crippen molar-refractivity contribution in [3.63, 3.8) is 0 Å². The van der Waals surface area contributed by atoms with Crippen LogP contribution in [0.2, 0.25) is 0 Å². The number of rotatable bonds is 2. The van der Waals surface area contributed by atoms with Gasteiger partial charge in [-0.2, -0.15) is 0 Å². The van der Waals surface area contributed by atoms with Crippen molar-refractivity contribution >= 4 is 41.5 Å². The molecule has 0 spiro atoms. The normalized spacial score (nSPS) is 18.7. The number of likely N-dealkylation sites (tertiary alicyclic amines) is 1. The predicted octanol–water partition coefficient (Wildman–Crippen LogP) is 3.42. The highest BCUT2D eigenvalue weighted by atomic mass is 35.5. The number of carbonyl (C=O) groups is 1. The highest BCUT2D eigenvalue weighted by Gasteiger charge is 2.31. The summed E-state index contributed by atoms with van der Waals surface area (Å²) in [5.41, 5.74) is 6.61. The molecule has 1 fully saturated rings. The van der Waals surface area contributed by atoms with Crippen LogP contribution in [0.3, 0.4) is 0 Å². The van der Waals surface area contributed by atoms with Gasteiger partial charge in [0.15, 0.2) is 0 Å². The number of aromatic nitrogens is 1. The van der Waals surface area contributed by atoms with Gasteiger partial charge in [-0.05, 0) is 37.6 Å². The van der Waals surface area contributed by atoms with Gasteiger partial charge in [-0.25, -0.2) is 0 Å². The number of amides is 1. The summed E-state index contributed by atoms with van der Waals surface area (Å²) in [4.78, 5) is 19.2. The lowest BCUT2D eigenvalue weighted by molar-refractivity contribution is 0.0580. The van der Waals surface area contributed by atoms with E-state index in [2.05, 4.69) is 4.98 Å². The van der Waals surface area contributed by atoms with Crippen molar-refractivity contribution in [3.05, 3.63) is 42.2 Å². The Hall–Kier alpha value is -1.36. The Kier molecular flexibility index (Phi) is 7.26. The third-order valence-corrected chi connectivity index (χ3v) is 4.29. The zero-order chi connectivity index (χ0) is 14.8. The zero-order valence-electron chi connectivity index (χ0n) is 13.1. The maximum atomic E-state index is 12.9. The monoisotopic (exact) mass is 355 g/mol. The van der Waals surface area contributed by atoms with Crippen LogP contribution in [0.5, 0.6) is 0 Å². The van der Waals surface area contributed by atoms with E-state index in [9.17, 15) is 4.79 Å². The molecule has 0 aliphatic carbocycles. The fourth-order valence-electron chi connectivity index (χ4n) is 3.18. The van der Waals surface area contributed by atoms with E-state index in [1.165, 1.54) is 0 Å². The van der Waals surface area contributed by atoms with Crippen LogP contribution in [0.15, 0.2) is 36.5 Å². The molecule has 2 heterocycles. The first-order valence-corrected chi connectivity index (χ1v) is 7.59. The second kappa shape index (κ2) is 8.48. The number of carbonyl (C=O) groups excluding carboxylic acids is 1. The Morgan fingerprint density at radius 1 is 1.26 bits per heavy atom. The lowest BCUT2D eigenvalue weighted by Crippen LogP contribution is -2.51. The van der Waals surface area contributed by atoms with Gasteiger partial charge in [0.05, 0.1) is 0 Å². The van der Waals surface area contributed by atoms with Crippen molar-refractivity contribution in [1.82, 2.24) is 9.88 Å². The number of hydrogen-bond donors (Lipinski definition) is 1. The summed E-state index contributed by atoms with van der Waals surface area (Å²) in [6, 6.07) is 9.93. The molecule has 2 atom stereocenters. The van der Waals surface area contributed by atoms with Crippen molar-refractivity contribution in [2.45, 2.75) is 38.3 Å². The Morgan fingerprint density at radius 3 is 2.74 bits per heavy atom. The van der Waals surface area contributed by atoms with Crippen LogP contribution in [0.1, 0.15) is 36.7 Å². The summed E-state index contributed by atoms with van der Waals surface area (Å²) < 4.78 is 0. The molecule has 4 nitrogen and oxygen atoms in total. The van der Waals surface area contributed by atoms with Gasteiger partial charge in [-0.1, -0.05) is 24.3 Å². The van der Waals surface area contributed by atoms with Crippen molar-refractivity contribution < 1.29 is 4.79 Å². The first kappa shape index (κ1) is 19.7. The highest BCUT2D eigenvalue weighted by molar-refractivity contribution is 6.05. The molecule has 1 aliphatic rings. The molecule has 2 unspecified atom stereocenters. The number of fused-ring (bicyclic) bond motifs is 1. The van der Waals surface area contributed by atoms with E-state index in [1.807, 2.05) is 42.2 Å². The molecular formula is C17H23Cl2N3O. The minimum Gasteiger partial charge on any atom is -0.333 e. The topological polar surface area (TPSA) is 59.2 Å². The van der Waals surface area contributed by atoms with Crippen LogP contribution in [0.25, 0.3) is 10.8 Å². The number of nitrogens with two attached hydrogens (primary N) is 1. The molecule has 1 aromatic carbocycles. The quantitative estimate of drug-likeness (QED) is 0.897. The Balaban J connectivity index is 0.00000132. The Bertz CT molecular complexity index is 658. The van der Waals surface area contributed by atoms with Crippen LogP contribution in [0, 0.1) is 0 Å². The standard InChI is InChI=1S/C17H21N3O.2ClH/c1-12(18)15-8-4-5-11-20(15)17(21)16-14-7-3-2-6-13(14)9-10-19-16;;/h2-3,6-7,9-10,12,15H,4-5,8,11,18H2,1H3;2*1H. The lowest BCUT2D eigenvalue weighted by atomic mass is 9.96. The largest absolute Gasteiger partial charge is 0.333 e. The second-order valence-corrected chi connectivity index (χ2v) is 5.80. The molecule has 2 aromatic rings. The highest BCUT2D eigenvalue weighted by Crippen LogP contribution is 2.24. The van der Waals surface area contributed by atoms with Crippen LogP contribution in [0.4, 0.5) is 0 Å². The van der Waals surface area contributed by atoms with Gasteiger partial charge in [0, 0.05) is 30.2 Å². The van der Waals surface area contributed by atoms with E-state index in [4.69, 9.17) is 5.73 Å². The third kappa shape index (κ3) is 3.94. The zero-order valence-corrected chi connectivity index (χ0v) is 14.8. The molecule has 0 saturated carbocycles. The molecule has 6 heteroatoms. The van der Waals surface area contributed by atoms with E-state index < -0.39 is 0 Å². The summed E-state index contributed by atoms with van der Waals surface area (Å²) in [6.07, 6.45) is 4.87. The molecule has 3 rings (SSSR count). The molecule has 1 saturated heterocycles. The fourth-order valence-corrected chi connectivity index (χ4v) is 3.18. The lowest BCUT2D eigenvalue weighted by Gasteiger charge is -2.38. The number of hydrogen-bond acceptors (Lipinski definition) is 3. The molecule has 1 aliphatic heterocycles. The minimum absolute atomic E-state index is 0. The summed E-state index contributed by atoms with van der Waals surface area (Å²) in [5, 5.41) is 1.96. The van der Waals surface area contributed by atoms with Gasteiger partial charge in [-0.15, -0.1) is 24.8 Å². The molecule has 1 aromatic heterocycles. The van der Waals surface area contributed by atoms with Gasteiger partial charge >= 0.3 is 0 Å². The van der Waals surface area contributed by atoms with Crippen LogP contribution >= 0.6 is 24.8 Å². The van der Waals surface area contributed by atoms with Gasteiger partial charge in [-0.3, -0.25) is 9.78 Å². The smallest absolute Gasteiger partial charge is 0.273 e. The van der Waals surface area contributed by atoms with Gasteiger partial charge in [0.25, 0.3) is 5.91 Å². The molecule has 23 heavy (non-hydrogen) atoms. The maximum absolute atomic E-state index is 12.9. The summed E-state index contributed by atoms with van der Waals surface area (Å²) in [5.74, 6) is 0.00815. The van der Waals surface area contributed by atoms with Crippen molar-refractivity contribution in [3.8, 4) is 0 Å². The molecule has 0 radical (unpaired) electrons. The van der Waals surface area contributed by atoms with E-state index in [-0.39, 0.29) is 42.8 Å². The Morgan fingerprint density at radius 2 is 2.00 bits per heavy atom. The first-order chi connectivity index (χ1) is 10.2. The van der Waals surface area contributed by atoms with Gasteiger partial charge < -0.3 is 10.6 Å². The summed E-state index contributed by atoms with van der Waals surface area (Å²) in [7, 11) is 0. The van der Waals surface area contributed by atoms with E-state index in [1.54, 1.807) is 6.20 Å². The molecular weight excluding hydrogens is 333 g/mol. The molecule has 2 N–H and O–H groups in total. The fraction of sp³-hybridized carbons (Fsp3) is 0.412. The average Bonchev–Trinajstić information content (AvgIpc) is 2.53. The minimum atomic E-state index is -0.00998. The molecule has 1 amide bonds. The van der Waals surface area contributed by atoms with Crippen molar-refractivity contribution in [2.24, 2.45) is 5.73 Å². The molecule has 0 bridgehead atoms. The predicted molar refractivity (Wildman–Crippen MR) is 98.6 cm³/mol. The van der Waals surface area contributed by atoms with Gasteiger partial charge in [0.1, 0.15) is 5.69 Å². The summed E-state index contributed by atoms with van der Waals surface area (Å²) >= 11 is 0. The van der Waals surface area contributed by atoms with E-state index >= 15 is 0 Å². The van der Waals surface area contributed by atoms with Crippen LogP contribution in [-0.2, 0) is 0 Å². The number of piperidine rings is 1. The number of pyridine rings is 1. The second-order valence-electron chi connectivity index (χ2n) is 5.80. The summed E-state index contributed by atoms with van der Waals surface area (Å²) in [6.45, 7) is 2.75. The van der Waals surface area contributed by atoms with Crippen LogP contribution < -0.4 is 5.73 Å².